The van der Waals surface area contributed by atoms with Gasteiger partial charge < -0.3 is 10.0 Å². The highest BCUT2D eigenvalue weighted by atomic mass is 16.3. The maximum absolute atomic E-state index is 12.5. The second-order valence-corrected chi connectivity index (χ2v) is 4.46. The molecule has 4 nitrogen and oxygen atoms in total. The van der Waals surface area contributed by atoms with Gasteiger partial charge in [-0.15, -0.1) is 6.58 Å². The van der Waals surface area contributed by atoms with Crippen LogP contribution in [0, 0.1) is 16.7 Å². The molecule has 0 unspecified atom stereocenters. The predicted octanol–water partition coefficient (Wildman–Crippen LogP) is 2.10. The highest BCUT2D eigenvalue weighted by Crippen LogP contribution is 2.31. The van der Waals surface area contributed by atoms with Crippen LogP contribution in [0.25, 0.3) is 0 Å². The van der Waals surface area contributed by atoms with Gasteiger partial charge in [0.25, 0.3) is 0 Å². The molecule has 0 heterocycles. The van der Waals surface area contributed by atoms with Crippen LogP contribution < -0.4 is 0 Å². The zero-order valence-corrected chi connectivity index (χ0v) is 11.5. The van der Waals surface area contributed by atoms with Crippen molar-refractivity contribution in [3.8, 4) is 6.07 Å². The fraction of sp³-hybridized carbons (Fsp3) is 0.714. The minimum absolute atomic E-state index is 0.0979. The normalized spacial score (nSPS) is 10.8. The Morgan fingerprint density at radius 3 is 2.33 bits per heavy atom. The van der Waals surface area contributed by atoms with E-state index in [1.807, 2.05) is 13.8 Å². The van der Waals surface area contributed by atoms with Gasteiger partial charge in [-0.05, 0) is 12.8 Å². The van der Waals surface area contributed by atoms with Crippen LogP contribution in [0.4, 0.5) is 0 Å². The third-order valence-electron chi connectivity index (χ3n) is 2.98. The first-order valence-electron chi connectivity index (χ1n) is 6.54. The molecular weight excluding hydrogens is 228 g/mol. The molecule has 0 aromatic carbocycles. The van der Waals surface area contributed by atoms with Crippen molar-refractivity contribution in [1.82, 2.24) is 4.90 Å². The van der Waals surface area contributed by atoms with Crippen molar-refractivity contribution in [2.45, 2.75) is 39.5 Å². The minimum atomic E-state index is -0.943. The topological polar surface area (TPSA) is 64.3 Å². The van der Waals surface area contributed by atoms with Crippen LogP contribution in [-0.4, -0.2) is 35.6 Å². The molecule has 4 heteroatoms. The zero-order chi connectivity index (χ0) is 14.0. The number of amides is 1. The molecule has 0 aromatic rings. The fourth-order valence-corrected chi connectivity index (χ4v) is 2.21. The standard InChI is InChI=1S/C14H24N2O2/c1-4-7-14(12-15,8-5-2)13(18)16(9-6-3)10-11-17/h6,17H,3-5,7-11H2,1-2H3. The molecule has 0 radical (unpaired) electrons. The molecule has 0 saturated carbocycles. The summed E-state index contributed by atoms with van der Waals surface area (Å²) in [6.45, 7) is 8.07. The van der Waals surface area contributed by atoms with Gasteiger partial charge in [0.05, 0.1) is 12.7 Å². The van der Waals surface area contributed by atoms with E-state index in [9.17, 15) is 10.1 Å². The number of rotatable bonds is 9. The van der Waals surface area contributed by atoms with Crippen molar-refractivity contribution in [3.63, 3.8) is 0 Å². The summed E-state index contributed by atoms with van der Waals surface area (Å²) in [4.78, 5) is 14.0. The lowest BCUT2D eigenvalue weighted by molar-refractivity contribution is -0.139. The average Bonchev–Trinajstić information content (AvgIpc) is 2.37. The summed E-state index contributed by atoms with van der Waals surface area (Å²) < 4.78 is 0. The number of carbonyl (C=O) groups is 1. The van der Waals surface area contributed by atoms with Gasteiger partial charge in [0.2, 0.25) is 5.91 Å². The Labute approximate surface area is 110 Å². The number of nitriles is 1. The lowest BCUT2D eigenvalue weighted by atomic mass is 9.79. The van der Waals surface area contributed by atoms with Crippen molar-refractivity contribution in [3.05, 3.63) is 12.7 Å². The molecule has 0 fully saturated rings. The van der Waals surface area contributed by atoms with Gasteiger partial charge in [0.1, 0.15) is 5.41 Å². The number of nitrogens with zero attached hydrogens (tertiary/aromatic N) is 2. The van der Waals surface area contributed by atoms with Crippen LogP contribution in [0.5, 0.6) is 0 Å². The molecule has 0 aromatic heterocycles. The van der Waals surface area contributed by atoms with Gasteiger partial charge in [0.15, 0.2) is 0 Å². The summed E-state index contributed by atoms with van der Waals surface area (Å²) in [5.74, 6) is -0.178. The average molecular weight is 252 g/mol. The van der Waals surface area contributed by atoms with E-state index >= 15 is 0 Å². The fourth-order valence-electron chi connectivity index (χ4n) is 2.21. The Balaban J connectivity index is 5.12. The second kappa shape index (κ2) is 8.71. The van der Waals surface area contributed by atoms with E-state index in [-0.39, 0.29) is 19.1 Å². The molecule has 18 heavy (non-hydrogen) atoms. The molecule has 0 spiro atoms. The molecule has 0 saturated heterocycles. The first kappa shape index (κ1) is 16.7. The Morgan fingerprint density at radius 1 is 1.44 bits per heavy atom. The monoisotopic (exact) mass is 252 g/mol. The quantitative estimate of drug-likeness (QED) is 0.639. The summed E-state index contributed by atoms with van der Waals surface area (Å²) in [6, 6.07) is 2.21. The first-order valence-corrected chi connectivity index (χ1v) is 6.54. The van der Waals surface area contributed by atoms with E-state index < -0.39 is 5.41 Å². The first-order chi connectivity index (χ1) is 8.61. The molecular formula is C14H24N2O2. The van der Waals surface area contributed by atoms with E-state index in [2.05, 4.69) is 12.6 Å². The molecule has 102 valence electrons. The van der Waals surface area contributed by atoms with E-state index in [0.29, 0.717) is 19.4 Å². The van der Waals surface area contributed by atoms with E-state index in [1.165, 1.54) is 4.90 Å². The highest BCUT2D eigenvalue weighted by Gasteiger charge is 2.39. The summed E-state index contributed by atoms with van der Waals surface area (Å²) in [5, 5.41) is 18.4. The maximum atomic E-state index is 12.5. The third kappa shape index (κ3) is 4.15. The molecule has 0 rings (SSSR count). The predicted molar refractivity (Wildman–Crippen MR) is 71.7 cm³/mol. The molecule has 0 bridgehead atoms. The number of hydrogen-bond acceptors (Lipinski definition) is 3. The van der Waals surface area contributed by atoms with Gasteiger partial charge in [-0.1, -0.05) is 32.8 Å². The largest absolute Gasteiger partial charge is 0.395 e. The van der Waals surface area contributed by atoms with Gasteiger partial charge in [-0.3, -0.25) is 4.79 Å². The smallest absolute Gasteiger partial charge is 0.243 e. The van der Waals surface area contributed by atoms with Crippen molar-refractivity contribution in [2.75, 3.05) is 19.7 Å². The summed E-state index contributed by atoms with van der Waals surface area (Å²) in [6.07, 6.45) is 4.33. The molecule has 0 aliphatic rings. The van der Waals surface area contributed by atoms with Gasteiger partial charge in [-0.2, -0.15) is 5.26 Å². The summed E-state index contributed by atoms with van der Waals surface area (Å²) in [5.41, 5.74) is -0.943. The maximum Gasteiger partial charge on any atom is 0.243 e. The molecule has 0 aliphatic heterocycles. The number of hydrogen-bond donors (Lipinski definition) is 1. The number of aliphatic hydroxyl groups is 1. The lowest BCUT2D eigenvalue weighted by Crippen LogP contribution is -2.44. The van der Waals surface area contributed by atoms with Crippen LogP contribution in [0.1, 0.15) is 39.5 Å². The molecule has 0 atom stereocenters. The van der Waals surface area contributed by atoms with Crippen LogP contribution in [0.15, 0.2) is 12.7 Å². The van der Waals surface area contributed by atoms with E-state index in [0.717, 1.165) is 12.8 Å². The molecule has 1 amide bonds. The summed E-state index contributed by atoms with van der Waals surface area (Å²) in [7, 11) is 0. The minimum Gasteiger partial charge on any atom is -0.395 e. The Hall–Kier alpha value is -1.34. The van der Waals surface area contributed by atoms with Gasteiger partial charge >= 0.3 is 0 Å². The Morgan fingerprint density at radius 2 is 2.00 bits per heavy atom. The molecule has 1 N–H and O–H groups in total. The van der Waals surface area contributed by atoms with Crippen LogP contribution in [0.2, 0.25) is 0 Å². The lowest BCUT2D eigenvalue weighted by Gasteiger charge is -2.31. The number of aliphatic hydroxyl groups excluding tert-OH is 1. The van der Waals surface area contributed by atoms with E-state index in [4.69, 9.17) is 5.11 Å². The van der Waals surface area contributed by atoms with E-state index in [1.54, 1.807) is 6.08 Å². The van der Waals surface area contributed by atoms with Crippen molar-refractivity contribution in [1.29, 1.82) is 5.26 Å². The van der Waals surface area contributed by atoms with Crippen LogP contribution >= 0.6 is 0 Å². The van der Waals surface area contributed by atoms with Crippen molar-refractivity contribution < 1.29 is 9.90 Å². The number of carbonyl (C=O) groups excluding carboxylic acids is 1. The zero-order valence-electron chi connectivity index (χ0n) is 11.5. The molecule has 0 aliphatic carbocycles. The van der Waals surface area contributed by atoms with Gasteiger partial charge in [0, 0.05) is 13.1 Å². The van der Waals surface area contributed by atoms with Crippen LogP contribution in [-0.2, 0) is 4.79 Å². The Bertz CT molecular complexity index is 301. The van der Waals surface area contributed by atoms with Gasteiger partial charge in [-0.25, -0.2) is 0 Å². The second-order valence-electron chi connectivity index (χ2n) is 4.46. The van der Waals surface area contributed by atoms with Crippen molar-refractivity contribution >= 4 is 5.91 Å². The van der Waals surface area contributed by atoms with Crippen molar-refractivity contribution in [2.24, 2.45) is 5.41 Å². The highest BCUT2D eigenvalue weighted by molar-refractivity contribution is 5.85. The van der Waals surface area contributed by atoms with Crippen LogP contribution in [0.3, 0.4) is 0 Å². The summed E-state index contributed by atoms with van der Waals surface area (Å²) >= 11 is 0. The third-order valence-corrected chi connectivity index (χ3v) is 2.98. The Kier molecular flexibility index (Phi) is 8.06. The SMILES string of the molecule is C=CCN(CCO)C(=O)C(C#N)(CCC)CCC.